The highest BCUT2D eigenvalue weighted by Crippen LogP contribution is 2.37. The minimum atomic E-state index is 0.675. The fraction of sp³-hybridized carbons (Fsp3) is 0.550. The summed E-state index contributed by atoms with van der Waals surface area (Å²) < 4.78 is 11.5. The Bertz CT molecular complexity index is 593. The molecular weight excluding hydrogens is 314 g/mol. The van der Waals surface area contributed by atoms with E-state index in [1.165, 1.54) is 32.4 Å². The number of rotatable bonds is 9. The number of nitrogens with one attached hydrogen (secondary N) is 1. The third-order valence-corrected chi connectivity index (χ3v) is 4.50. The van der Waals surface area contributed by atoms with Gasteiger partial charge >= 0.3 is 0 Å². The topological polar surface area (TPSA) is 46.1 Å². The molecular formula is C20H31N3O2. The molecule has 1 fully saturated rings. The number of ether oxygens (including phenoxy) is 2. The van der Waals surface area contributed by atoms with E-state index in [0.717, 1.165) is 35.7 Å². The Hall–Kier alpha value is -2.01. The van der Waals surface area contributed by atoms with Crippen molar-refractivity contribution in [1.82, 2.24) is 10.2 Å². The molecule has 1 heterocycles. The summed E-state index contributed by atoms with van der Waals surface area (Å²) in [6.45, 7) is 10.2. The molecule has 0 aromatic heterocycles. The van der Waals surface area contributed by atoms with Crippen LogP contribution in [0.2, 0.25) is 0 Å². The number of nitrogens with zero attached hydrogens (tertiary/aromatic N) is 2. The van der Waals surface area contributed by atoms with Gasteiger partial charge in [0.05, 0.1) is 19.4 Å². The first-order chi connectivity index (χ1) is 12.2. The minimum absolute atomic E-state index is 0.675. The quantitative estimate of drug-likeness (QED) is 0.545. The third-order valence-electron chi connectivity index (χ3n) is 4.50. The van der Waals surface area contributed by atoms with E-state index in [1.807, 2.05) is 26.1 Å². The van der Waals surface area contributed by atoms with Crippen molar-refractivity contribution in [2.45, 2.75) is 32.6 Å². The standard InChI is InChI=1S/C20H31N3O2/c1-5-22-18-15-19(24-4)20(14-17(18)16(2)21-3)25-13-9-12-23-10-7-6-8-11-23/h5,14-15,21H,2,6-13H2,1,3-4H3. The Morgan fingerprint density at radius 2 is 2.04 bits per heavy atom. The van der Waals surface area contributed by atoms with Crippen LogP contribution in [0, 0.1) is 0 Å². The van der Waals surface area contributed by atoms with Crippen molar-refractivity contribution < 1.29 is 9.47 Å². The van der Waals surface area contributed by atoms with E-state index in [4.69, 9.17) is 9.47 Å². The van der Waals surface area contributed by atoms with Gasteiger partial charge in [-0.05, 0) is 45.3 Å². The van der Waals surface area contributed by atoms with Crippen molar-refractivity contribution >= 4 is 17.6 Å². The molecule has 1 N–H and O–H groups in total. The zero-order chi connectivity index (χ0) is 18.1. The lowest BCUT2D eigenvalue weighted by atomic mass is 10.1. The van der Waals surface area contributed by atoms with Crippen molar-refractivity contribution in [3.63, 3.8) is 0 Å². The van der Waals surface area contributed by atoms with E-state index in [0.29, 0.717) is 12.4 Å². The van der Waals surface area contributed by atoms with E-state index in [1.54, 1.807) is 13.3 Å². The predicted molar refractivity (Wildman–Crippen MR) is 105 cm³/mol. The average Bonchev–Trinajstić information content (AvgIpc) is 2.66. The van der Waals surface area contributed by atoms with Gasteiger partial charge in [0, 0.05) is 37.1 Å². The van der Waals surface area contributed by atoms with Crippen LogP contribution in [0.4, 0.5) is 5.69 Å². The summed E-state index contributed by atoms with van der Waals surface area (Å²) in [5, 5.41) is 3.08. The molecule has 0 atom stereocenters. The van der Waals surface area contributed by atoms with Gasteiger partial charge in [0.25, 0.3) is 0 Å². The molecule has 1 aliphatic rings. The number of likely N-dealkylation sites (tertiary alicyclic amines) is 1. The summed E-state index contributed by atoms with van der Waals surface area (Å²) in [5.41, 5.74) is 2.55. The van der Waals surface area contributed by atoms with Crippen LogP contribution in [0.5, 0.6) is 11.5 Å². The van der Waals surface area contributed by atoms with Crippen molar-refractivity contribution in [3.05, 3.63) is 24.3 Å². The summed E-state index contributed by atoms with van der Waals surface area (Å²) in [6, 6.07) is 3.86. The van der Waals surface area contributed by atoms with Gasteiger partial charge in [-0.25, -0.2) is 0 Å². The molecule has 0 spiro atoms. The Balaban J connectivity index is 2.03. The van der Waals surface area contributed by atoms with Crippen molar-refractivity contribution in [2.75, 3.05) is 40.4 Å². The van der Waals surface area contributed by atoms with E-state index in [9.17, 15) is 0 Å². The zero-order valence-corrected chi connectivity index (χ0v) is 15.8. The predicted octanol–water partition coefficient (Wildman–Crippen LogP) is 3.86. The van der Waals surface area contributed by atoms with Crippen LogP contribution in [-0.4, -0.2) is 51.5 Å². The average molecular weight is 345 g/mol. The molecule has 0 amide bonds. The largest absolute Gasteiger partial charge is 0.493 e. The lowest BCUT2D eigenvalue weighted by molar-refractivity contribution is 0.203. The second kappa shape index (κ2) is 10.1. The molecule has 1 saturated heterocycles. The van der Waals surface area contributed by atoms with E-state index in [-0.39, 0.29) is 0 Å². The highest BCUT2D eigenvalue weighted by molar-refractivity contribution is 5.78. The van der Waals surface area contributed by atoms with Crippen LogP contribution in [-0.2, 0) is 0 Å². The lowest BCUT2D eigenvalue weighted by Crippen LogP contribution is -2.31. The molecule has 5 heteroatoms. The molecule has 0 saturated carbocycles. The van der Waals surface area contributed by atoms with Gasteiger partial charge in [0.1, 0.15) is 0 Å². The Morgan fingerprint density at radius 1 is 1.28 bits per heavy atom. The van der Waals surface area contributed by atoms with Gasteiger partial charge in [-0.1, -0.05) is 13.0 Å². The maximum atomic E-state index is 6.02. The molecule has 0 bridgehead atoms. The molecule has 1 aliphatic heterocycles. The first-order valence-electron chi connectivity index (χ1n) is 9.12. The van der Waals surface area contributed by atoms with Crippen molar-refractivity contribution in [1.29, 1.82) is 0 Å². The van der Waals surface area contributed by atoms with Crippen molar-refractivity contribution in [3.8, 4) is 11.5 Å². The third kappa shape index (κ3) is 5.49. The van der Waals surface area contributed by atoms with Gasteiger partial charge in [-0.15, -0.1) is 0 Å². The lowest BCUT2D eigenvalue weighted by Gasteiger charge is -2.26. The SMILES string of the molecule is C=C(NC)c1cc(OCCCN2CCCCC2)c(OC)cc1N=CC. The molecule has 0 radical (unpaired) electrons. The Kier molecular flexibility index (Phi) is 7.79. The van der Waals surface area contributed by atoms with Crippen LogP contribution in [0.3, 0.4) is 0 Å². The smallest absolute Gasteiger partial charge is 0.162 e. The summed E-state index contributed by atoms with van der Waals surface area (Å²) in [6.07, 6.45) is 6.79. The maximum Gasteiger partial charge on any atom is 0.162 e. The maximum absolute atomic E-state index is 6.02. The van der Waals surface area contributed by atoms with Crippen LogP contribution in [0.1, 0.15) is 38.2 Å². The second-order valence-electron chi connectivity index (χ2n) is 6.24. The van der Waals surface area contributed by atoms with Crippen LogP contribution in [0.15, 0.2) is 23.7 Å². The van der Waals surface area contributed by atoms with Gasteiger partial charge in [0.2, 0.25) is 0 Å². The fourth-order valence-electron chi connectivity index (χ4n) is 3.10. The highest BCUT2D eigenvalue weighted by Gasteiger charge is 2.14. The fourth-order valence-corrected chi connectivity index (χ4v) is 3.10. The number of hydrogen-bond donors (Lipinski definition) is 1. The normalized spacial score (nSPS) is 15.3. The van der Waals surface area contributed by atoms with E-state index >= 15 is 0 Å². The van der Waals surface area contributed by atoms with Gasteiger partial charge in [-0.3, -0.25) is 4.99 Å². The molecule has 0 aliphatic carbocycles. The number of piperidine rings is 1. The highest BCUT2D eigenvalue weighted by atomic mass is 16.5. The van der Waals surface area contributed by atoms with E-state index in [2.05, 4.69) is 21.8 Å². The molecule has 0 unspecified atom stereocenters. The summed E-state index contributed by atoms with van der Waals surface area (Å²) in [5.74, 6) is 1.44. The minimum Gasteiger partial charge on any atom is -0.493 e. The van der Waals surface area contributed by atoms with Gasteiger partial charge in [-0.2, -0.15) is 0 Å². The zero-order valence-electron chi connectivity index (χ0n) is 15.8. The Morgan fingerprint density at radius 3 is 2.68 bits per heavy atom. The van der Waals surface area contributed by atoms with Crippen molar-refractivity contribution in [2.24, 2.45) is 4.99 Å². The molecule has 25 heavy (non-hydrogen) atoms. The first kappa shape index (κ1) is 19.3. The van der Waals surface area contributed by atoms with Crippen LogP contribution < -0.4 is 14.8 Å². The van der Waals surface area contributed by atoms with Gasteiger partial charge < -0.3 is 19.7 Å². The van der Waals surface area contributed by atoms with Gasteiger partial charge in [0.15, 0.2) is 11.5 Å². The molecule has 138 valence electrons. The molecule has 2 rings (SSSR count). The van der Waals surface area contributed by atoms with Crippen LogP contribution >= 0.6 is 0 Å². The number of benzene rings is 1. The summed E-state index contributed by atoms with van der Waals surface area (Å²) in [7, 11) is 3.51. The first-order valence-corrected chi connectivity index (χ1v) is 9.12. The number of aliphatic imine (C=N–C) groups is 1. The summed E-state index contributed by atoms with van der Waals surface area (Å²) in [4.78, 5) is 6.94. The Labute approximate surface area is 151 Å². The molecule has 1 aromatic carbocycles. The number of hydrogen-bond acceptors (Lipinski definition) is 5. The number of methoxy groups -OCH3 is 1. The molecule has 5 nitrogen and oxygen atoms in total. The van der Waals surface area contributed by atoms with E-state index < -0.39 is 0 Å². The second-order valence-corrected chi connectivity index (χ2v) is 6.24. The van der Waals surface area contributed by atoms with Crippen LogP contribution in [0.25, 0.3) is 5.70 Å². The summed E-state index contributed by atoms with van der Waals surface area (Å²) >= 11 is 0. The monoisotopic (exact) mass is 345 g/mol. The molecule has 1 aromatic rings.